The summed E-state index contributed by atoms with van der Waals surface area (Å²) < 4.78 is 10.7. The van der Waals surface area contributed by atoms with E-state index >= 15 is 0 Å². The fourth-order valence-electron chi connectivity index (χ4n) is 2.97. The van der Waals surface area contributed by atoms with E-state index in [9.17, 15) is 19.8 Å². The van der Waals surface area contributed by atoms with Crippen molar-refractivity contribution in [2.45, 2.75) is 0 Å². The predicted molar refractivity (Wildman–Crippen MR) is 120 cm³/mol. The average molecular weight is 445 g/mol. The molecule has 33 heavy (non-hydrogen) atoms. The number of carbonyl (C=O) groups is 2. The number of hydrazone groups is 1. The molecule has 0 bridgehead atoms. The van der Waals surface area contributed by atoms with Crippen molar-refractivity contribution in [3.63, 3.8) is 0 Å². The number of phenols is 2. The van der Waals surface area contributed by atoms with E-state index < -0.39 is 11.8 Å². The van der Waals surface area contributed by atoms with Crippen molar-refractivity contribution in [1.29, 1.82) is 0 Å². The van der Waals surface area contributed by atoms with Crippen LogP contribution in [0.4, 0.5) is 0 Å². The second-order valence-corrected chi connectivity index (χ2v) is 6.93. The first-order valence-corrected chi connectivity index (χ1v) is 9.83. The highest BCUT2D eigenvalue weighted by Gasteiger charge is 2.17. The number of fused-ring (bicyclic) bond motifs is 1. The minimum absolute atomic E-state index is 0.0604. The van der Waals surface area contributed by atoms with Gasteiger partial charge in [-0.3, -0.25) is 9.59 Å². The van der Waals surface area contributed by atoms with Gasteiger partial charge in [-0.1, -0.05) is 24.3 Å². The van der Waals surface area contributed by atoms with Crippen molar-refractivity contribution < 1.29 is 29.3 Å². The van der Waals surface area contributed by atoms with Crippen LogP contribution in [0.2, 0.25) is 0 Å². The number of phenolic OH excluding ortho intramolecular Hbond substituents is 2. The Kier molecular flexibility index (Phi) is 6.21. The van der Waals surface area contributed by atoms with Crippen molar-refractivity contribution in [3.05, 3.63) is 89.1 Å². The summed E-state index contributed by atoms with van der Waals surface area (Å²) >= 11 is 0. The number of rotatable bonds is 6. The first kappa shape index (κ1) is 21.4. The Morgan fingerprint density at radius 1 is 0.939 bits per heavy atom. The molecule has 0 atom stereocenters. The topological polar surface area (TPSA) is 129 Å². The number of benzene rings is 3. The molecule has 3 aromatic rings. The van der Waals surface area contributed by atoms with Gasteiger partial charge in [-0.2, -0.15) is 5.10 Å². The zero-order chi connectivity index (χ0) is 23.2. The molecule has 1 aliphatic heterocycles. The number of aromatic hydroxyl groups is 2. The van der Waals surface area contributed by atoms with E-state index in [4.69, 9.17) is 9.47 Å². The zero-order valence-electron chi connectivity index (χ0n) is 17.2. The Bertz CT molecular complexity index is 1250. The van der Waals surface area contributed by atoms with Gasteiger partial charge in [0.25, 0.3) is 11.8 Å². The van der Waals surface area contributed by atoms with E-state index in [1.807, 2.05) is 0 Å². The number of amides is 2. The first-order chi connectivity index (χ1) is 16.0. The molecule has 0 spiro atoms. The molecule has 0 radical (unpaired) electrons. The Morgan fingerprint density at radius 3 is 2.52 bits per heavy atom. The normalized spacial score (nSPS) is 12.5. The lowest BCUT2D eigenvalue weighted by molar-refractivity contribution is -0.117. The fraction of sp³-hybridized carbons (Fsp3) is 0.0417. The SMILES string of the molecule is O=C(NN=Cc1ccc(O)cc1O)C(=Cc1ccc2c(c1)OCO2)NC(=O)c1ccccc1. The minimum Gasteiger partial charge on any atom is -0.508 e. The number of carbonyl (C=O) groups excluding carboxylic acids is 2. The molecule has 9 heteroatoms. The predicted octanol–water partition coefficient (Wildman–Crippen LogP) is 2.75. The molecule has 3 aromatic carbocycles. The van der Waals surface area contributed by atoms with Gasteiger partial charge >= 0.3 is 0 Å². The van der Waals surface area contributed by atoms with E-state index in [0.29, 0.717) is 22.6 Å². The molecule has 1 aliphatic rings. The summed E-state index contributed by atoms with van der Waals surface area (Å²) in [6.07, 6.45) is 2.69. The summed E-state index contributed by atoms with van der Waals surface area (Å²) in [5, 5.41) is 25.6. The van der Waals surface area contributed by atoms with Crippen molar-refractivity contribution in [3.8, 4) is 23.0 Å². The molecule has 4 N–H and O–H groups in total. The molecular formula is C24H19N3O6. The molecule has 0 aliphatic carbocycles. The zero-order valence-corrected chi connectivity index (χ0v) is 17.2. The lowest BCUT2D eigenvalue weighted by Gasteiger charge is -2.09. The Labute approximate surface area is 188 Å². The Balaban J connectivity index is 1.56. The number of nitrogens with zero attached hydrogens (tertiary/aromatic N) is 1. The molecular weight excluding hydrogens is 426 g/mol. The van der Waals surface area contributed by atoms with Crippen LogP contribution in [0.1, 0.15) is 21.5 Å². The summed E-state index contributed by atoms with van der Waals surface area (Å²) in [5.41, 5.74) is 3.51. The van der Waals surface area contributed by atoms with Crippen LogP contribution in [0.15, 0.2) is 77.5 Å². The maximum Gasteiger partial charge on any atom is 0.287 e. The monoisotopic (exact) mass is 445 g/mol. The lowest BCUT2D eigenvalue weighted by atomic mass is 10.1. The molecule has 0 fully saturated rings. The summed E-state index contributed by atoms with van der Waals surface area (Å²) in [5.74, 6) is -0.361. The highest BCUT2D eigenvalue weighted by atomic mass is 16.7. The molecule has 0 aromatic heterocycles. The molecule has 166 valence electrons. The quantitative estimate of drug-likeness (QED) is 0.262. The molecule has 0 saturated heterocycles. The Morgan fingerprint density at radius 2 is 1.73 bits per heavy atom. The summed E-state index contributed by atoms with van der Waals surface area (Å²) in [7, 11) is 0. The Hall–Kier alpha value is -4.79. The van der Waals surface area contributed by atoms with E-state index in [1.54, 1.807) is 48.5 Å². The van der Waals surface area contributed by atoms with Gasteiger partial charge in [-0.25, -0.2) is 5.43 Å². The van der Waals surface area contributed by atoms with Gasteiger partial charge in [-0.05, 0) is 48.0 Å². The van der Waals surface area contributed by atoms with Crippen molar-refractivity contribution >= 4 is 24.1 Å². The van der Waals surface area contributed by atoms with Crippen molar-refractivity contribution in [1.82, 2.24) is 10.7 Å². The molecule has 1 heterocycles. The van der Waals surface area contributed by atoms with Crippen LogP contribution in [-0.4, -0.2) is 35.0 Å². The molecule has 4 rings (SSSR count). The first-order valence-electron chi connectivity index (χ1n) is 9.83. The van der Waals surface area contributed by atoms with Gasteiger partial charge in [0, 0.05) is 17.2 Å². The second kappa shape index (κ2) is 9.56. The molecule has 0 unspecified atom stereocenters. The third-order valence-corrected chi connectivity index (χ3v) is 4.62. The van der Waals surface area contributed by atoms with Crippen LogP contribution >= 0.6 is 0 Å². The average Bonchev–Trinajstić information content (AvgIpc) is 3.28. The third-order valence-electron chi connectivity index (χ3n) is 4.62. The van der Waals surface area contributed by atoms with Gasteiger partial charge in [-0.15, -0.1) is 0 Å². The number of nitrogens with one attached hydrogen (secondary N) is 2. The van der Waals surface area contributed by atoms with E-state index in [2.05, 4.69) is 15.8 Å². The van der Waals surface area contributed by atoms with Gasteiger partial charge in [0.15, 0.2) is 11.5 Å². The number of hydrogen-bond donors (Lipinski definition) is 4. The highest BCUT2D eigenvalue weighted by Crippen LogP contribution is 2.33. The second-order valence-electron chi connectivity index (χ2n) is 6.93. The maximum atomic E-state index is 12.8. The maximum absolute atomic E-state index is 12.8. The standard InChI is InChI=1S/C24H19N3O6/c28-18-8-7-17(20(29)12-18)13-25-27-24(31)19(26-23(30)16-4-2-1-3-5-16)10-15-6-9-21-22(11-15)33-14-32-21/h1-13,28-29H,14H2,(H,26,30)(H,27,31). The van der Waals surface area contributed by atoms with E-state index in [1.165, 1.54) is 24.4 Å². The summed E-state index contributed by atoms with van der Waals surface area (Å²) in [6.45, 7) is 0.111. The van der Waals surface area contributed by atoms with Gasteiger partial charge < -0.3 is 25.0 Å². The van der Waals surface area contributed by atoms with Gasteiger partial charge in [0.2, 0.25) is 6.79 Å². The molecule has 9 nitrogen and oxygen atoms in total. The van der Waals surface area contributed by atoms with Crippen molar-refractivity contribution in [2.75, 3.05) is 6.79 Å². The summed E-state index contributed by atoms with van der Waals surface area (Å²) in [4.78, 5) is 25.4. The van der Waals surface area contributed by atoms with Crippen LogP contribution in [0.25, 0.3) is 6.08 Å². The minimum atomic E-state index is -0.688. The van der Waals surface area contributed by atoms with Crippen LogP contribution in [0.3, 0.4) is 0 Å². The van der Waals surface area contributed by atoms with Gasteiger partial charge in [0.1, 0.15) is 17.2 Å². The van der Waals surface area contributed by atoms with Crippen LogP contribution in [0.5, 0.6) is 23.0 Å². The fourth-order valence-corrected chi connectivity index (χ4v) is 2.97. The summed E-state index contributed by atoms with van der Waals surface area (Å²) in [6, 6.07) is 17.5. The van der Waals surface area contributed by atoms with E-state index in [0.717, 1.165) is 6.07 Å². The number of hydrogen-bond acceptors (Lipinski definition) is 7. The highest BCUT2D eigenvalue weighted by molar-refractivity contribution is 6.05. The molecule has 0 saturated carbocycles. The van der Waals surface area contributed by atoms with E-state index in [-0.39, 0.29) is 29.6 Å². The van der Waals surface area contributed by atoms with Crippen molar-refractivity contribution in [2.24, 2.45) is 5.10 Å². The van der Waals surface area contributed by atoms with Crippen LogP contribution in [0, 0.1) is 0 Å². The number of ether oxygens (including phenoxy) is 2. The van der Waals surface area contributed by atoms with Crippen LogP contribution in [-0.2, 0) is 4.79 Å². The van der Waals surface area contributed by atoms with Crippen LogP contribution < -0.4 is 20.2 Å². The largest absolute Gasteiger partial charge is 0.508 e. The third kappa shape index (κ3) is 5.28. The van der Waals surface area contributed by atoms with Gasteiger partial charge in [0.05, 0.1) is 6.21 Å². The smallest absolute Gasteiger partial charge is 0.287 e. The lowest BCUT2D eigenvalue weighted by Crippen LogP contribution is -2.32. The molecule has 2 amide bonds.